The molecule has 0 amide bonds. The summed E-state index contributed by atoms with van der Waals surface area (Å²) in [6.07, 6.45) is 10.4. The van der Waals surface area contributed by atoms with E-state index in [-0.39, 0.29) is 0 Å². The van der Waals surface area contributed by atoms with Crippen LogP contribution in [0.2, 0.25) is 0 Å². The lowest BCUT2D eigenvalue weighted by Crippen LogP contribution is -2.30. The lowest BCUT2D eigenvalue weighted by atomic mass is 9.97. The number of nitrogens with one attached hydrogen (secondary N) is 1. The summed E-state index contributed by atoms with van der Waals surface area (Å²) in [5.41, 5.74) is 0. The van der Waals surface area contributed by atoms with Gasteiger partial charge in [-0.25, -0.2) is 0 Å². The van der Waals surface area contributed by atoms with Gasteiger partial charge < -0.3 is 10.4 Å². The van der Waals surface area contributed by atoms with Crippen molar-refractivity contribution in [3.05, 3.63) is 0 Å². The standard InChI is InChI=1S/C12H23NO2/c14-12(15)9-6-10-13-11-7-4-2-1-3-5-8-11/h11,13H,1-10H2,(H,14,15). The predicted molar refractivity (Wildman–Crippen MR) is 61.0 cm³/mol. The summed E-state index contributed by atoms with van der Waals surface area (Å²) in [6, 6.07) is 0.638. The van der Waals surface area contributed by atoms with Gasteiger partial charge in [0.05, 0.1) is 0 Å². The Labute approximate surface area is 92.3 Å². The van der Waals surface area contributed by atoms with E-state index in [2.05, 4.69) is 5.32 Å². The van der Waals surface area contributed by atoms with Gasteiger partial charge in [-0.1, -0.05) is 32.1 Å². The highest BCUT2D eigenvalue weighted by molar-refractivity contribution is 5.66. The third-order valence-electron chi connectivity index (χ3n) is 3.11. The van der Waals surface area contributed by atoms with Crippen molar-refractivity contribution in [1.82, 2.24) is 5.32 Å². The highest BCUT2D eigenvalue weighted by Gasteiger charge is 2.10. The van der Waals surface area contributed by atoms with E-state index >= 15 is 0 Å². The first-order valence-corrected chi connectivity index (χ1v) is 6.24. The molecule has 15 heavy (non-hydrogen) atoms. The van der Waals surface area contributed by atoms with Crippen LogP contribution in [0.5, 0.6) is 0 Å². The SMILES string of the molecule is O=C(O)CCCNC1CCCCCCC1. The molecule has 0 aromatic rings. The zero-order valence-corrected chi connectivity index (χ0v) is 9.50. The van der Waals surface area contributed by atoms with Gasteiger partial charge in [0.2, 0.25) is 0 Å². The number of rotatable bonds is 5. The van der Waals surface area contributed by atoms with Crippen LogP contribution >= 0.6 is 0 Å². The van der Waals surface area contributed by atoms with Gasteiger partial charge in [-0.2, -0.15) is 0 Å². The van der Waals surface area contributed by atoms with Gasteiger partial charge >= 0.3 is 5.97 Å². The molecular formula is C12H23NO2. The van der Waals surface area contributed by atoms with E-state index < -0.39 is 5.97 Å². The predicted octanol–water partition coefficient (Wildman–Crippen LogP) is 2.55. The van der Waals surface area contributed by atoms with Crippen molar-refractivity contribution in [2.75, 3.05) is 6.54 Å². The van der Waals surface area contributed by atoms with Crippen LogP contribution in [0.15, 0.2) is 0 Å². The van der Waals surface area contributed by atoms with Crippen LogP contribution in [-0.4, -0.2) is 23.7 Å². The number of hydrogen-bond donors (Lipinski definition) is 2. The van der Waals surface area contributed by atoms with Crippen molar-refractivity contribution in [3.8, 4) is 0 Å². The maximum atomic E-state index is 10.3. The smallest absolute Gasteiger partial charge is 0.303 e. The number of hydrogen-bond acceptors (Lipinski definition) is 2. The molecule has 0 aromatic heterocycles. The molecule has 1 aliphatic rings. The summed E-state index contributed by atoms with van der Waals surface area (Å²) >= 11 is 0. The average molecular weight is 213 g/mol. The van der Waals surface area contributed by atoms with Crippen LogP contribution < -0.4 is 5.32 Å². The van der Waals surface area contributed by atoms with E-state index in [4.69, 9.17) is 5.11 Å². The van der Waals surface area contributed by atoms with E-state index in [1.165, 1.54) is 44.9 Å². The molecule has 0 unspecified atom stereocenters. The third kappa shape index (κ3) is 6.50. The van der Waals surface area contributed by atoms with Crippen molar-refractivity contribution in [2.24, 2.45) is 0 Å². The molecule has 1 rings (SSSR count). The van der Waals surface area contributed by atoms with Crippen molar-refractivity contribution in [1.29, 1.82) is 0 Å². The Morgan fingerprint density at radius 3 is 2.33 bits per heavy atom. The molecule has 3 heteroatoms. The fraction of sp³-hybridized carbons (Fsp3) is 0.917. The van der Waals surface area contributed by atoms with E-state index in [1.807, 2.05) is 0 Å². The average Bonchev–Trinajstić information content (AvgIpc) is 2.14. The van der Waals surface area contributed by atoms with Gasteiger partial charge in [0.15, 0.2) is 0 Å². The summed E-state index contributed by atoms with van der Waals surface area (Å²) in [5.74, 6) is -0.686. The fourth-order valence-electron chi connectivity index (χ4n) is 2.21. The summed E-state index contributed by atoms with van der Waals surface area (Å²) in [6.45, 7) is 0.858. The molecule has 0 spiro atoms. The molecule has 0 aromatic carbocycles. The van der Waals surface area contributed by atoms with Crippen LogP contribution in [0.4, 0.5) is 0 Å². The Hall–Kier alpha value is -0.570. The van der Waals surface area contributed by atoms with Gasteiger partial charge in [-0.15, -0.1) is 0 Å². The molecule has 0 radical (unpaired) electrons. The van der Waals surface area contributed by atoms with E-state index in [9.17, 15) is 4.79 Å². The molecule has 1 saturated carbocycles. The monoisotopic (exact) mass is 213 g/mol. The Balaban J connectivity index is 2.04. The Morgan fingerprint density at radius 1 is 1.13 bits per heavy atom. The van der Waals surface area contributed by atoms with Gasteiger partial charge in [0.25, 0.3) is 0 Å². The topological polar surface area (TPSA) is 49.3 Å². The minimum atomic E-state index is -0.686. The van der Waals surface area contributed by atoms with Crippen LogP contribution in [-0.2, 0) is 4.79 Å². The van der Waals surface area contributed by atoms with Gasteiger partial charge in [-0.05, 0) is 25.8 Å². The lowest BCUT2D eigenvalue weighted by Gasteiger charge is -2.20. The normalized spacial score (nSPS) is 19.5. The Morgan fingerprint density at radius 2 is 1.73 bits per heavy atom. The molecule has 2 N–H and O–H groups in total. The molecule has 0 saturated heterocycles. The van der Waals surface area contributed by atoms with Crippen LogP contribution in [0.25, 0.3) is 0 Å². The molecule has 3 nitrogen and oxygen atoms in total. The Bertz CT molecular complexity index is 174. The maximum Gasteiger partial charge on any atom is 0.303 e. The summed E-state index contributed by atoms with van der Waals surface area (Å²) in [4.78, 5) is 10.3. The van der Waals surface area contributed by atoms with Crippen LogP contribution in [0, 0.1) is 0 Å². The van der Waals surface area contributed by atoms with Gasteiger partial charge in [0.1, 0.15) is 0 Å². The Kier molecular flexibility index (Phi) is 6.41. The van der Waals surface area contributed by atoms with Gasteiger partial charge in [0, 0.05) is 12.5 Å². The quantitative estimate of drug-likeness (QED) is 0.690. The van der Waals surface area contributed by atoms with E-state index in [0.717, 1.165) is 13.0 Å². The second kappa shape index (κ2) is 7.69. The summed E-state index contributed by atoms with van der Waals surface area (Å²) in [7, 11) is 0. The van der Waals surface area contributed by atoms with Crippen molar-refractivity contribution in [3.63, 3.8) is 0 Å². The third-order valence-corrected chi connectivity index (χ3v) is 3.11. The largest absolute Gasteiger partial charge is 0.481 e. The first-order chi connectivity index (χ1) is 7.29. The van der Waals surface area contributed by atoms with Crippen molar-refractivity contribution in [2.45, 2.75) is 63.8 Å². The summed E-state index contributed by atoms with van der Waals surface area (Å²) < 4.78 is 0. The molecular weight excluding hydrogens is 190 g/mol. The molecule has 1 fully saturated rings. The van der Waals surface area contributed by atoms with Gasteiger partial charge in [-0.3, -0.25) is 4.79 Å². The molecule has 1 aliphatic carbocycles. The second-order valence-corrected chi connectivity index (χ2v) is 4.49. The number of carbonyl (C=O) groups is 1. The molecule has 88 valence electrons. The first-order valence-electron chi connectivity index (χ1n) is 6.24. The number of aliphatic carboxylic acids is 1. The molecule has 0 aliphatic heterocycles. The fourth-order valence-corrected chi connectivity index (χ4v) is 2.21. The summed E-state index contributed by atoms with van der Waals surface area (Å²) in [5, 5.41) is 12.0. The molecule has 0 bridgehead atoms. The minimum absolute atomic E-state index is 0.291. The highest BCUT2D eigenvalue weighted by atomic mass is 16.4. The highest BCUT2D eigenvalue weighted by Crippen LogP contribution is 2.16. The van der Waals surface area contributed by atoms with Crippen molar-refractivity contribution < 1.29 is 9.90 Å². The maximum absolute atomic E-state index is 10.3. The second-order valence-electron chi connectivity index (χ2n) is 4.49. The van der Waals surface area contributed by atoms with Crippen LogP contribution in [0.1, 0.15) is 57.8 Å². The number of carboxylic acids is 1. The molecule has 0 heterocycles. The minimum Gasteiger partial charge on any atom is -0.481 e. The molecule has 0 atom stereocenters. The zero-order chi connectivity index (χ0) is 10.9. The van der Waals surface area contributed by atoms with E-state index in [0.29, 0.717) is 12.5 Å². The van der Waals surface area contributed by atoms with Crippen LogP contribution in [0.3, 0.4) is 0 Å². The lowest BCUT2D eigenvalue weighted by molar-refractivity contribution is -0.137. The number of carboxylic acid groups (broad SMARTS) is 1. The zero-order valence-electron chi connectivity index (χ0n) is 9.50. The first kappa shape index (κ1) is 12.5. The van der Waals surface area contributed by atoms with Crippen molar-refractivity contribution >= 4 is 5.97 Å². The van der Waals surface area contributed by atoms with E-state index in [1.54, 1.807) is 0 Å².